The minimum absolute atomic E-state index is 0.0695. The summed E-state index contributed by atoms with van der Waals surface area (Å²) in [6, 6.07) is 7.31. The molecule has 2 amide bonds. The number of anilines is 1. The highest BCUT2D eigenvalue weighted by molar-refractivity contribution is 5.86. The number of benzene rings is 1. The summed E-state index contributed by atoms with van der Waals surface area (Å²) in [5.74, 6) is -0.146. The SMILES string of the molecule is CCCN(CC(=O)N(C)C)C(=O)Cc1ccccc1N. The van der Waals surface area contributed by atoms with Crippen LogP contribution in [0.5, 0.6) is 0 Å². The zero-order chi connectivity index (χ0) is 15.1. The highest BCUT2D eigenvalue weighted by atomic mass is 16.2. The minimum Gasteiger partial charge on any atom is -0.398 e. The van der Waals surface area contributed by atoms with Gasteiger partial charge >= 0.3 is 0 Å². The fraction of sp³-hybridized carbons (Fsp3) is 0.467. The largest absolute Gasteiger partial charge is 0.398 e. The molecule has 0 aliphatic heterocycles. The van der Waals surface area contributed by atoms with Crippen LogP contribution in [0.1, 0.15) is 18.9 Å². The average Bonchev–Trinajstić information content (AvgIpc) is 2.40. The second kappa shape index (κ2) is 7.53. The van der Waals surface area contributed by atoms with Crippen molar-refractivity contribution < 1.29 is 9.59 Å². The van der Waals surface area contributed by atoms with E-state index in [4.69, 9.17) is 5.73 Å². The first-order valence-electron chi connectivity index (χ1n) is 6.77. The minimum atomic E-state index is -0.0761. The lowest BCUT2D eigenvalue weighted by atomic mass is 10.1. The highest BCUT2D eigenvalue weighted by Gasteiger charge is 2.18. The van der Waals surface area contributed by atoms with Gasteiger partial charge in [-0.1, -0.05) is 25.1 Å². The molecule has 0 bridgehead atoms. The molecule has 0 aliphatic carbocycles. The number of amides is 2. The van der Waals surface area contributed by atoms with Gasteiger partial charge in [0.25, 0.3) is 0 Å². The molecule has 0 radical (unpaired) electrons. The van der Waals surface area contributed by atoms with E-state index in [1.54, 1.807) is 25.1 Å². The van der Waals surface area contributed by atoms with Crippen molar-refractivity contribution in [1.82, 2.24) is 9.80 Å². The van der Waals surface area contributed by atoms with Crippen molar-refractivity contribution in [3.05, 3.63) is 29.8 Å². The molecule has 110 valence electrons. The number of likely N-dealkylation sites (N-methyl/N-ethyl adjacent to an activating group) is 1. The van der Waals surface area contributed by atoms with Crippen LogP contribution in [0.3, 0.4) is 0 Å². The molecule has 5 nitrogen and oxygen atoms in total. The Labute approximate surface area is 120 Å². The van der Waals surface area contributed by atoms with Crippen molar-refractivity contribution in [3.63, 3.8) is 0 Å². The zero-order valence-corrected chi connectivity index (χ0v) is 12.4. The van der Waals surface area contributed by atoms with Gasteiger partial charge in [-0.3, -0.25) is 9.59 Å². The molecule has 0 spiro atoms. The molecule has 20 heavy (non-hydrogen) atoms. The van der Waals surface area contributed by atoms with Crippen LogP contribution in [0.25, 0.3) is 0 Å². The molecule has 0 atom stereocenters. The van der Waals surface area contributed by atoms with E-state index in [1.807, 2.05) is 25.1 Å². The van der Waals surface area contributed by atoms with Gasteiger partial charge in [0.1, 0.15) is 0 Å². The third-order valence-electron chi connectivity index (χ3n) is 3.07. The standard InChI is InChI=1S/C15H23N3O2/c1-4-9-18(11-15(20)17(2)3)14(19)10-12-7-5-6-8-13(12)16/h5-8H,4,9-11,16H2,1-3H3. The summed E-state index contributed by atoms with van der Waals surface area (Å²) in [7, 11) is 3.37. The summed E-state index contributed by atoms with van der Waals surface area (Å²) in [6.07, 6.45) is 1.05. The van der Waals surface area contributed by atoms with Crippen LogP contribution in [-0.4, -0.2) is 48.8 Å². The lowest BCUT2D eigenvalue weighted by Gasteiger charge is -2.23. The summed E-state index contributed by atoms with van der Waals surface area (Å²) in [4.78, 5) is 27.2. The summed E-state index contributed by atoms with van der Waals surface area (Å²) in [6.45, 7) is 2.68. The van der Waals surface area contributed by atoms with Gasteiger partial charge in [0.15, 0.2) is 0 Å². The normalized spacial score (nSPS) is 10.2. The first-order valence-corrected chi connectivity index (χ1v) is 6.77. The Kier molecular flexibility index (Phi) is 6.03. The van der Waals surface area contributed by atoms with E-state index < -0.39 is 0 Å². The van der Waals surface area contributed by atoms with Crippen molar-refractivity contribution >= 4 is 17.5 Å². The summed E-state index contributed by atoms with van der Waals surface area (Å²) < 4.78 is 0. The smallest absolute Gasteiger partial charge is 0.241 e. The Morgan fingerprint density at radius 3 is 2.35 bits per heavy atom. The molecule has 2 N–H and O–H groups in total. The topological polar surface area (TPSA) is 66.6 Å². The van der Waals surface area contributed by atoms with Crippen LogP contribution in [0, 0.1) is 0 Å². The first kappa shape index (κ1) is 16.0. The zero-order valence-electron chi connectivity index (χ0n) is 12.4. The number of nitrogen functional groups attached to an aromatic ring is 1. The molecule has 0 unspecified atom stereocenters. The Morgan fingerprint density at radius 1 is 1.15 bits per heavy atom. The molecule has 1 rings (SSSR count). The Morgan fingerprint density at radius 2 is 1.80 bits per heavy atom. The predicted molar refractivity (Wildman–Crippen MR) is 80.1 cm³/mol. The van der Waals surface area contributed by atoms with Crippen LogP contribution in [0.15, 0.2) is 24.3 Å². The van der Waals surface area contributed by atoms with Crippen molar-refractivity contribution in [3.8, 4) is 0 Å². The molecule has 1 aromatic carbocycles. The number of rotatable bonds is 6. The molecular formula is C15H23N3O2. The third-order valence-corrected chi connectivity index (χ3v) is 3.07. The molecule has 0 heterocycles. The molecule has 0 saturated carbocycles. The number of hydrogen-bond acceptors (Lipinski definition) is 3. The fourth-order valence-electron chi connectivity index (χ4n) is 1.84. The second-order valence-corrected chi connectivity index (χ2v) is 4.98. The number of nitrogens with two attached hydrogens (primary N) is 1. The Hall–Kier alpha value is -2.04. The van der Waals surface area contributed by atoms with Crippen LogP contribution in [-0.2, 0) is 16.0 Å². The van der Waals surface area contributed by atoms with Gasteiger partial charge in [0, 0.05) is 26.3 Å². The average molecular weight is 277 g/mol. The lowest BCUT2D eigenvalue weighted by molar-refractivity contribution is -0.138. The van der Waals surface area contributed by atoms with Crippen molar-refractivity contribution in [2.45, 2.75) is 19.8 Å². The Balaban J connectivity index is 2.74. The summed E-state index contributed by atoms with van der Waals surface area (Å²) >= 11 is 0. The van der Waals surface area contributed by atoms with E-state index in [1.165, 1.54) is 4.90 Å². The van der Waals surface area contributed by atoms with Gasteiger partial charge in [0.2, 0.25) is 11.8 Å². The van der Waals surface area contributed by atoms with E-state index in [0.717, 1.165) is 12.0 Å². The van der Waals surface area contributed by atoms with E-state index in [2.05, 4.69) is 0 Å². The third kappa shape index (κ3) is 4.57. The van der Waals surface area contributed by atoms with Crippen LogP contribution in [0.2, 0.25) is 0 Å². The molecule has 0 fully saturated rings. The highest BCUT2D eigenvalue weighted by Crippen LogP contribution is 2.12. The number of para-hydroxylation sites is 1. The maximum absolute atomic E-state index is 12.3. The molecule has 0 saturated heterocycles. The number of hydrogen-bond donors (Lipinski definition) is 1. The Bertz CT molecular complexity index is 472. The van der Waals surface area contributed by atoms with Crippen molar-refractivity contribution in [2.75, 3.05) is 32.9 Å². The van der Waals surface area contributed by atoms with Crippen molar-refractivity contribution in [2.24, 2.45) is 0 Å². The lowest BCUT2D eigenvalue weighted by Crippen LogP contribution is -2.41. The van der Waals surface area contributed by atoms with Gasteiger partial charge in [-0.15, -0.1) is 0 Å². The molecule has 0 aliphatic rings. The number of nitrogens with zero attached hydrogens (tertiary/aromatic N) is 2. The fourth-order valence-corrected chi connectivity index (χ4v) is 1.84. The summed E-state index contributed by atoms with van der Waals surface area (Å²) in [5.41, 5.74) is 7.26. The molecular weight excluding hydrogens is 254 g/mol. The van der Waals surface area contributed by atoms with Crippen LogP contribution < -0.4 is 5.73 Å². The molecule has 5 heteroatoms. The van der Waals surface area contributed by atoms with E-state index in [-0.39, 0.29) is 24.8 Å². The number of carbonyl (C=O) groups is 2. The van der Waals surface area contributed by atoms with Crippen LogP contribution >= 0.6 is 0 Å². The van der Waals surface area contributed by atoms with Gasteiger partial charge in [-0.25, -0.2) is 0 Å². The van der Waals surface area contributed by atoms with Crippen LogP contribution in [0.4, 0.5) is 5.69 Å². The van der Waals surface area contributed by atoms with Gasteiger partial charge in [0.05, 0.1) is 13.0 Å². The van der Waals surface area contributed by atoms with E-state index in [0.29, 0.717) is 12.2 Å². The molecule has 0 aromatic heterocycles. The van der Waals surface area contributed by atoms with Crippen molar-refractivity contribution in [1.29, 1.82) is 0 Å². The first-order chi connectivity index (χ1) is 9.45. The second-order valence-electron chi connectivity index (χ2n) is 4.98. The van der Waals surface area contributed by atoms with E-state index >= 15 is 0 Å². The maximum atomic E-state index is 12.3. The van der Waals surface area contributed by atoms with Gasteiger partial charge in [-0.05, 0) is 18.1 Å². The summed E-state index contributed by atoms with van der Waals surface area (Å²) in [5, 5.41) is 0. The number of carbonyl (C=O) groups excluding carboxylic acids is 2. The van der Waals surface area contributed by atoms with E-state index in [9.17, 15) is 9.59 Å². The predicted octanol–water partition coefficient (Wildman–Crippen LogP) is 1.14. The maximum Gasteiger partial charge on any atom is 0.241 e. The van der Waals surface area contributed by atoms with Gasteiger partial charge < -0.3 is 15.5 Å². The molecule has 1 aromatic rings. The van der Waals surface area contributed by atoms with Gasteiger partial charge in [-0.2, -0.15) is 0 Å². The quantitative estimate of drug-likeness (QED) is 0.793. The monoisotopic (exact) mass is 277 g/mol.